The normalized spacial score (nSPS) is 12.2. The van der Waals surface area contributed by atoms with Gasteiger partial charge in [0.15, 0.2) is 5.78 Å². The number of Topliss-reactive ketones (excluding diaryl/α,β-unsaturated/α-hetero) is 1. The molecule has 0 bridgehead atoms. The van der Waals surface area contributed by atoms with E-state index < -0.39 is 11.3 Å². The molecule has 3 aromatic carbocycles. The molecule has 2 heterocycles. The number of nitrogens with one attached hydrogen (secondary N) is 1. The lowest BCUT2D eigenvalue weighted by molar-refractivity contribution is 0.0972. The number of aryl methyl sites for hydroxylation is 1. The molecule has 2 N–H and O–H groups in total. The Morgan fingerprint density at radius 1 is 1.00 bits per heavy atom. The van der Waals surface area contributed by atoms with Gasteiger partial charge in [-0.3, -0.25) is 9.59 Å². The molecule has 0 fully saturated rings. The number of hydrogen-bond acceptors (Lipinski definition) is 5. The molecule has 6 heteroatoms. The maximum atomic E-state index is 13.4. The van der Waals surface area contributed by atoms with Crippen LogP contribution in [0.4, 0.5) is 5.69 Å². The summed E-state index contributed by atoms with van der Waals surface area (Å²) in [5.41, 5.74) is 0.807. The first-order valence-electron chi connectivity index (χ1n) is 10.7. The van der Waals surface area contributed by atoms with Gasteiger partial charge in [-0.15, -0.1) is 11.3 Å². The number of aromatic nitrogens is 1. The van der Waals surface area contributed by atoms with Gasteiger partial charge < -0.3 is 15.0 Å². The molecule has 0 unspecified atom stereocenters. The van der Waals surface area contributed by atoms with Crippen molar-refractivity contribution in [2.75, 3.05) is 5.32 Å². The zero-order chi connectivity index (χ0) is 22.9. The highest BCUT2D eigenvalue weighted by atomic mass is 32.1. The van der Waals surface area contributed by atoms with E-state index in [2.05, 4.69) is 11.4 Å². The van der Waals surface area contributed by atoms with Gasteiger partial charge in [-0.05, 0) is 46.5 Å². The molecule has 164 valence electrons. The number of rotatable bonds is 6. The van der Waals surface area contributed by atoms with Crippen molar-refractivity contribution in [2.45, 2.75) is 12.5 Å². The molecular formula is C27H22N2O3S. The average Bonchev–Trinajstić information content (AvgIpc) is 3.37. The summed E-state index contributed by atoms with van der Waals surface area (Å²) in [6.07, 6.45) is 0.0362. The van der Waals surface area contributed by atoms with Crippen LogP contribution in [0, 0.1) is 0 Å². The summed E-state index contributed by atoms with van der Waals surface area (Å²) in [6, 6.07) is 24.8. The Balaban J connectivity index is 1.51. The fraction of sp³-hybridized carbons (Fsp3) is 0.111. The number of pyridine rings is 1. The van der Waals surface area contributed by atoms with Crippen LogP contribution in [0.3, 0.4) is 0 Å². The Morgan fingerprint density at radius 3 is 2.55 bits per heavy atom. The Kier molecular flexibility index (Phi) is 5.44. The number of carbonyl (C=O) groups is 1. The first-order chi connectivity index (χ1) is 16.0. The van der Waals surface area contributed by atoms with Crippen LogP contribution in [0.2, 0.25) is 0 Å². The lowest BCUT2D eigenvalue weighted by Crippen LogP contribution is -2.26. The summed E-state index contributed by atoms with van der Waals surface area (Å²) in [7, 11) is 1.62. The number of hydrogen-bond donors (Lipinski definition) is 2. The van der Waals surface area contributed by atoms with E-state index in [9.17, 15) is 14.7 Å². The third-order valence-electron chi connectivity index (χ3n) is 5.92. The summed E-state index contributed by atoms with van der Waals surface area (Å²) in [5, 5.41) is 19.0. The summed E-state index contributed by atoms with van der Waals surface area (Å²) < 4.78 is 1.42. The summed E-state index contributed by atoms with van der Waals surface area (Å²) in [4.78, 5) is 27.3. The quantitative estimate of drug-likeness (QED) is 0.314. The van der Waals surface area contributed by atoms with E-state index in [0.29, 0.717) is 10.9 Å². The molecule has 0 aliphatic rings. The number of nitrogens with zero attached hydrogens (tertiary/aromatic N) is 1. The highest BCUT2D eigenvalue weighted by molar-refractivity contribution is 7.10. The van der Waals surface area contributed by atoms with Crippen molar-refractivity contribution < 1.29 is 9.90 Å². The Hall–Kier alpha value is -3.90. The van der Waals surface area contributed by atoms with Crippen LogP contribution in [-0.2, 0) is 7.05 Å². The smallest absolute Gasteiger partial charge is 0.265 e. The number of anilines is 1. The number of aromatic hydroxyl groups is 1. The van der Waals surface area contributed by atoms with Crippen LogP contribution in [0.15, 0.2) is 89.0 Å². The summed E-state index contributed by atoms with van der Waals surface area (Å²) in [5.74, 6) is -0.653. The zero-order valence-corrected chi connectivity index (χ0v) is 18.8. The molecule has 0 aliphatic carbocycles. The van der Waals surface area contributed by atoms with E-state index in [4.69, 9.17) is 0 Å². The van der Waals surface area contributed by atoms with Crippen LogP contribution >= 0.6 is 11.3 Å². The number of fused-ring (bicyclic) bond motifs is 2. The van der Waals surface area contributed by atoms with Crippen LogP contribution in [0.1, 0.15) is 27.7 Å². The Labute approximate surface area is 194 Å². The van der Waals surface area contributed by atoms with E-state index in [1.165, 1.54) is 4.57 Å². The predicted molar refractivity (Wildman–Crippen MR) is 134 cm³/mol. The molecule has 0 amide bonds. The standard InChI is InChI=1S/C27H22N2O3S/c1-29-22-10-5-4-9-20(22)26(31)25(27(29)32)23(30)16-21(24-11-6-14-33-24)28-19-13-12-17-7-2-3-8-18(17)15-19/h2-15,21,28,31H,16H2,1H3/t21-/m1/s1. The van der Waals surface area contributed by atoms with Crippen LogP contribution in [0.25, 0.3) is 21.7 Å². The number of ketones is 1. The van der Waals surface area contributed by atoms with Gasteiger partial charge in [0.25, 0.3) is 5.56 Å². The van der Waals surface area contributed by atoms with Crippen LogP contribution in [-0.4, -0.2) is 15.5 Å². The van der Waals surface area contributed by atoms with Gasteiger partial charge in [0, 0.05) is 29.4 Å². The number of para-hydroxylation sites is 1. The molecule has 0 radical (unpaired) electrons. The molecular weight excluding hydrogens is 432 g/mol. The van der Waals surface area contributed by atoms with Crippen LogP contribution in [0.5, 0.6) is 5.75 Å². The minimum absolute atomic E-state index is 0.0362. The van der Waals surface area contributed by atoms with Crippen molar-refractivity contribution in [3.63, 3.8) is 0 Å². The molecule has 0 spiro atoms. The number of thiophene rings is 1. The first-order valence-corrected chi connectivity index (χ1v) is 11.5. The first kappa shape index (κ1) is 21.0. The predicted octanol–water partition coefficient (Wildman–Crippen LogP) is 5.89. The maximum Gasteiger partial charge on any atom is 0.265 e. The summed E-state index contributed by atoms with van der Waals surface area (Å²) in [6.45, 7) is 0. The monoisotopic (exact) mass is 454 g/mol. The van der Waals surface area contributed by atoms with Gasteiger partial charge in [0.1, 0.15) is 11.3 Å². The second-order valence-corrected chi connectivity index (χ2v) is 8.99. The molecule has 33 heavy (non-hydrogen) atoms. The van der Waals surface area contributed by atoms with Gasteiger partial charge in [0.2, 0.25) is 0 Å². The minimum Gasteiger partial charge on any atom is -0.506 e. The van der Waals surface area contributed by atoms with Gasteiger partial charge in [-0.1, -0.05) is 48.5 Å². The number of benzene rings is 3. The fourth-order valence-electron chi connectivity index (χ4n) is 4.21. The zero-order valence-electron chi connectivity index (χ0n) is 18.0. The van der Waals surface area contributed by atoms with E-state index >= 15 is 0 Å². The van der Waals surface area contributed by atoms with E-state index in [0.717, 1.165) is 21.3 Å². The molecule has 0 saturated heterocycles. The lowest BCUT2D eigenvalue weighted by Gasteiger charge is -2.19. The third-order valence-corrected chi connectivity index (χ3v) is 6.91. The molecule has 5 aromatic rings. The molecule has 2 aromatic heterocycles. The largest absolute Gasteiger partial charge is 0.506 e. The molecule has 5 rings (SSSR count). The van der Waals surface area contributed by atoms with Crippen molar-refractivity contribution in [1.29, 1.82) is 0 Å². The Morgan fingerprint density at radius 2 is 1.76 bits per heavy atom. The van der Waals surface area contributed by atoms with Crippen LogP contribution < -0.4 is 10.9 Å². The lowest BCUT2D eigenvalue weighted by atomic mass is 10.00. The number of carbonyl (C=O) groups excluding carboxylic acids is 1. The van der Waals surface area contributed by atoms with Gasteiger partial charge in [0.05, 0.1) is 11.6 Å². The molecule has 0 aliphatic heterocycles. The van der Waals surface area contributed by atoms with E-state index in [-0.39, 0.29) is 23.8 Å². The van der Waals surface area contributed by atoms with Crippen molar-refractivity contribution in [1.82, 2.24) is 4.57 Å². The highest BCUT2D eigenvalue weighted by Gasteiger charge is 2.25. The maximum absolute atomic E-state index is 13.4. The highest BCUT2D eigenvalue weighted by Crippen LogP contribution is 2.32. The molecule has 5 nitrogen and oxygen atoms in total. The fourth-order valence-corrected chi connectivity index (χ4v) is 4.99. The second-order valence-electron chi connectivity index (χ2n) is 8.01. The topological polar surface area (TPSA) is 71.3 Å². The van der Waals surface area contributed by atoms with Crippen molar-refractivity contribution >= 4 is 44.5 Å². The average molecular weight is 455 g/mol. The van der Waals surface area contributed by atoms with Gasteiger partial charge >= 0.3 is 0 Å². The van der Waals surface area contributed by atoms with Crippen molar-refractivity contribution in [3.8, 4) is 5.75 Å². The molecule has 0 saturated carbocycles. The third kappa shape index (κ3) is 3.90. The van der Waals surface area contributed by atoms with Gasteiger partial charge in [-0.25, -0.2) is 0 Å². The Bertz CT molecular complexity index is 1540. The minimum atomic E-state index is -0.494. The molecule has 1 atom stereocenters. The SMILES string of the molecule is Cn1c(=O)c(C(=O)C[C@@H](Nc2ccc3ccccc3c2)c2cccs2)c(O)c2ccccc21. The van der Waals surface area contributed by atoms with E-state index in [1.807, 2.05) is 53.9 Å². The summed E-state index contributed by atoms with van der Waals surface area (Å²) >= 11 is 1.54. The van der Waals surface area contributed by atoms with E-state index in [1.54, 1.807) is 42.6 Å². The van der Waals surface area contributed by atoms with Gasteiger partial charge in [-0.2, -0.15) is 0 Å². The second kappa shape index (κ2) is 8.56. The van der Waals surface area contributed by atoms with Crippen molar-refractivity contribution in [3.05, 3.63) is 105 Å². The van der Waals surface area contributed by atoms with Crippen molar-refractivity contribution in [2.24, 2.45) is 7.05 Å².